The Morgan fingerprint density at radius 2 is 1.88 bits per heavy atom. The van der Waals surface area contributed by atoms with Crippen molar-refractivity contribution in [2.24, 2.45) is 5.92 Å². The molecule has 1 saturated heterocycles. The second-order valence-corrected chi connectivity index (χ2v) is 7.45. The molecule has 1 aliphatic carbocycles. The van der Waals surface area contributed by atoms with Gasteiger partial charge in [0.1, 0.15) is 0 Å². The van der Waals surface area contributed by atoms with Crippen LogP contribution in [0.1, 0.15) is 45.4 Å². The highest BCUT2D eigenvalue weighted by atomic mass is 32.2. The van der Waals surface area contributed by atoms with Crippen LogP contribution >= 0.6 is 0 Å². The molecule has 0 amide bonds. The summed E-state index contributed by atoms with van der Waals surface area (Å²) in [6, 6.07) is 0.0512. The molecular weight excluding hydrogens is 238 g/mol. The Hall–Kier alpha value is -0.130. The van der Waals surface area contributed by atoms with Crippen molar-refractivity contribution >= 4 is 10.0 Å². The Bertz CT molecular complexity index is 355. The highest BCUT2D eigenvalue weighted by Crippen LogP contribution is 2.35. The van der Waals surface area contributed by atoms with E-state index in [9.17, 15) is 13.5 Å². The average Bonchev–Trinajstić information content (AvgIpc) is 2.79. The minimum Gasteiger partial charge on any atom is -0.393 e. The summed E-state index contributed by atoms with van der Waals surface area (Å²) >= 11 is 0. The van der Waals surface area contributed by atoms with Crippen molar-refractivity contribution < 1.29 is 13.5 Å². The molecule has 2 fully saturated rings. The lowest BCUT2D eigenvalue weighted by atomic mass is 9.81. The first kappa shape index (κ1) is 13.3. The summed E-state index contributed by atoms with van der Waals surface area (Å²) < 4.78 is 25.7. The number of hydrogen-bond acceptors (Lipinski definition) is 3. The molecule has 0 radical (unpaired) electrons. The van der Waals surface area contributed by atoms with E-state index in [0.717, 1.165) is 38.5 Å². The molecule has 2 aliphatic rings. The van der Waals surface area contributed by atoms with E-state index in [1.165, 1.54) is 0 Å². The van der Waals surface area contributed by atoms with E-state index in [2.05, 4.69) is 0 Å². The van der Waals surface area contributed by atoms with Crippen LogP contribution in [-0.2, 0) is 10.0 Å². The zero-order valence-corrected chi connectivity index (χ0v) is 11.3. The number of aliphatic hydroxyl groups excluding tert-OH is 1. The van der Waals surface area contributed by atoms with E-state index in [-0.39, 0.29) is 23.8 Å². The van der Waals surface area contributed by atoms with E-state index in [0.29, 0.717) is 6.54 Å². The van der Waals surface area contributed by atoms with E-state index in [4.69, 9.17) is 0 Å². The number of hydrogen-bond donors (Lipinski definition) is 1. The summed E-state index contributed by atoms with van der Waals surface area (Å²) in [6.07, 6.45) is 5.56. The average molecular weight is 261 g/mol. The van der Waals surface area contributed by atoms with Gasteiger partial charge in [-0.15, -0.1) is 0 Å². The molecule has 100 valence electrons. The Kier molecular flexibility index (Phi) is 4.10. The minimum absolute atomic E-state index is 0.0512. The zero-order valence-electron chi connectivity index (χ0n) is 10.5. The van der Waals surface area contributed by atoms with Gasteiger partial charge >= 0.3 is 0 Å². The van der Waals surface area contributed by atoms with Crippen LogP contribution in [0.25, 0.3) is 0 Å². The Balaban J connectivity index is 2.14. The summed E-state index contributed by atoms with van der Waals surface area (Å²) in [5.74, 6) is 0.333. The van der Waals surface area contributed by atoms with Gasteiger partial charge in [-0.3, -0.25) is 0 Å². The Morgan fingerprint density at radius 3 is 2.53 bits per heavy atom. The van der Waals surface area contributed by atoms with Crippen LogP contribution in [0.3, 0.4) is 0 Å². The van der Waals surface area contributed by atoms with Crippen molar-refractivity contribution in [2.45, 2.75) is 57.6 Å². The van der Waals surface area contributed by atoms with Crippen LogP contribution in [-0.4, -0.2) is 42.3 Å². The molecule has 17 heavy (non-hydrogen) atoms. The first-order valence-corrected chi connectivity index (χ1v) is 8.34. The molecule has 1 N–H and O–H groups in total. The maximum Gasteiger partial charge on any atom is 0.214 e. The predicted molar refractivity (Wildman–Crippen MR) is 67.2 cm³/mol. The van der Waals surface area contributed by atoms with Gasteiger partial charge in [0.25, 0.3) is 0 Å². The summed E-state index contributed by atoms with van der Waals surface area (Å²) in [6.45, 7) is 2.34. The highest BCUT2D eigenvalue weighted by molar-refractivity contribution is 7.89. The molecule has 0 spiro atoms. The second kappa shape index (κ2) is 5.24. The summed E-state index contributed by atoms with van der Waals surface area (Å²) in [5.41, 5.74) is 0. The van der Waals surface area contributed by atoms with Crippen LogP contribution in [0.5, 0.6) is 0 Å². The lowest BCUT2D eigenvalue weighted by Crippen LogP contribution is -2.45. The fourth-order valence-electron chi connectivity index (χ4n) is 3.29. The van der Waals surface area contributed by atoms with Gasteiger partial charge in [-0.05, 0) is 32.6 Å². The first-order chi connectivity index (χ1) is 8.06. The molecule has 3 unspecified atom stereocenters. The molecule has 1 aliphatic heterocycles. The summed E-state index contributed by atoms with van der Waals surface area (Å²) in [4.78, 5) is 0. The van der Waals surface area contributed by atoms with Gasteiger partial charge in [0.2, 0.25) is 10.0 Å². The number of aliphatic hydroxyl groups is 1. The number of rotatable bonds is 3. The lowest BCUT2D eigenvalue weighted by Gasteiger charge is -2.36. The van der Waals surface area contributed by atoms with Crippen molar-refractivity contribution in [3.05, 3.63) is 0 Å². The third kappa shape index (κ3) is 2.66. The first-order valence-electron chi connectivity index (χ1n) is 6.74. The fourth-order valence-corrected chi connectivity index (χ4v) is 4.71. The van der Waals surface area contributed by atoms with Crippen LogP contribution in [0, 0.1) is 5.92 Å². The smallest absolute Gasteiger partial charge is 0.214 e. The number of sulfonamides is 1. The fraction of sp³-hybridized carbons (Fsp3) is 1.00. The van der Waals surface area contributed by atoms with Gasteiger partial charge in [0, 0.05) is 18.5 Å². The highest BCUT2D eigenvalue weighted by Gasteiger charge is 2.41. The monoisotopic (exact) mass is 261 g/mol. The second-order valence-electron chi connectivity index (χ2n) is 5.24. The minimum atomic E-state index is -3.10. The van der Waals surface area contributed by atoms with Crippen molar-refractivity contribution in [3.8, 4) is 0 Å². The van der Waals surface area contributed by atoms with Crippen LogP contribution in [0.15, 0.2) is 0 Å². The van der Waals surface area contributed by atoms with E-state index >= 15 is 0 Å². The van der Waals surface area contributed by atoms with Crippen LogP contribution in [0.2, 0.25) is 0 Å². The molecule has 1 heterocycles. The van der Waals surface area contributed by atoms with Crippen LogP contribution in [0.4, 0.5) is 0 Å². The zero-order chi connectivity index (χ0) is 12.5. The summed E-state index contributed by atoms with van der Waals surface area (Å²) in [5, 5.41) is 10.1. The van der Waals surface area contributed by atoms with Crippen molar-refractivity contribution in [1.82, 2.24) is 4.31 Å². The SMILES string of the molecule is CCS(=O)(=O)N1CCCC1C1CCCCC1O. The molecule has 0 aromatic rings. The van der Waals surface area contributed by atoms with E-state index in [1.54, 1.807) is 11.2 Å². The third-order valence-electron chi connectivity index (χ3n) is 4.25. The molecule has 0 aromatic carbocycles. The molecule has 1 saturated carbocycles. The molecule has 4 nitrogen and oxygen atoms in total. The molecule has 3 atom stereocenters. The topological polar surface area (TPSA) is 57.6 Å². The Morgan fingerprint density at radius 1 is 1.18 bits per heavy atom. The van der Waals surface area contributed by atoms with Gasteiger partial charge in [-0.1, -0.05) is 12.8 Å². The molecule has 2 rings (SSSR count). The van der Waals surface area contributed by atoms with Gasteiger partial charge in [0.05, 0.1) is 11.9 Å². The molecule has 5 heteroatoms. The van der Waals surface area contributed by atoms with Gasteiger partial charge in [-0.25, -0.2) is 8.42 Å². The Labute approximate surface area is 104 Å². The van der Waals surface area contributed by atoms with Crippen LogP contribution < -0.4 is 0 Å². The van der Waals surface area contributed by atoms with Crippen molar-refractivity contribution in [2.75, 3.05) is 12.3 Å². The van der Waals surface area contributed by atoms with Gasteiger partial charge in [-0.2, -0.15) is 4.31 Å². The summed E-state index contributed by atoms with van der Waals surface area (Å²) in [7, 11) is -3.10. The largest absolute Gasteiger partial charge is 0.393 e. The maximum atomic E-state index is 12.0. The molecular formula is C12H23NO3S. The maximum absolute atomic E-state index is 12.0. The van der Waals surface area contributed by atoms with Gasteiger partial charge < -0.3 is 5.11 Å². The predicted octanol–water partition coefficient (Wildman–Crippen LogP) is 1.35. The molecule has 0 bridgehead atoms. The van der Waals surface area contributed by atoms with Gasteiger partial charge in [0.15, 0.2) is 0 Å². The quantitative estimate of drug-likeness (QED) is 0.834. The van der Waals surface area contributed by atoms with E-state index in [1.807, 2.05) is 0 Å². The van der Waals surface area contributed by atoms with Crippen molar-refractivity contribution in [3.63, 3.8) is 0 Å². The third-order valence-corrected chi connectivity index (χ3v) is 6.14. The lowest BCUT2D eigenvalue weighted by molar-refractivity contribution is 0.0387. The molecule has 0 aromatic heterocycles. The normalized spacial score (nSPS) is 36.2. The number of nitrogens with zero attached hydrogens (tertiary/aromatic N) is 1. The van der Waals surface area contributed by atoms with E-state index < -0.39 is 10.0 Å². The van der Waals surface area contributed by atoms with Crippen molar-refractivity contribution in [1.29, 1.82) is 0 Å². The standard InChI is InChI=1S/C12H23NO3S/c1-2-17(15,16)13-9-5-7-11(13)10-6-3-4-8-12(10)14/h10-12,14H,2-9H2,1H3.